The van der Waals surface area contributed by atoms with Gasteiger partial charge in [0.05, 0.1) is 13.7 Å². The number of carbonyl (C=O) groups excluding carboxylic acids is 1. The van der Waals surface area contributed by atoms with Crippen LogP contribution in [0.15, 0.2) is 47.0 Å². The Labute approximate surface area is 167 Å². The van der Waals surface area contributed by atoms with Gasteiger partial charge in [0.15, 0.2) is 11.5 Å². The Hall–Kier alpha value is -3.42. The summed E-state index contributed by atoms with van der Waals surface area (Å²) in [6.45, 7) is 2.35. The molecule has 0 saturated carbocycles. The summed E-state index contributed by atoms with van der Waals surface area (Å²) >= 11 is 0. The fraction of sp³-hybridized carbons (Fsp3) is 0.286. The summed E-state index contributed by atoms with van der Waals surface area (Å²) < 4.78 is 29.6. The highest BCUT2D eigenvalue weighted by Gasteiger charge is 2.12. The smallest absolute Gasteiger partial charge is 0.227 e. The van der Waals surface area contributed by atoms with Crippen molar-refractivity contribution in [1.82, 2.24) is 15.5 Å². The van der Waals surface area contributed by atoms with Crippen molar-refractivity contribution >= 4 is 5.91 Å². The van der Waals surface area contributed by atoms with E-state index in [9.17, 15) is 9.18 Å². The van der Waals surface area contributed by atoms with Gasteiger partial charge in [0.1, 0.15) is 12.4 Å². The van der Waals surface area contributed by atoms with E-state index in [2.05, 4.69) is 15.5 Å². The lowest BCUT2D eigenvalue weighted by Gasteiger charge is -2.10. The number of halogens is 1. The second-order valence-electron chi connectivity index (χ2n) is 6.32. The number of para-hydroxylation sites is 2. The van der Waals surface area contributed by atoms with Crippen molar-refractivity contribution in [3.63, 3.8) is 0 Å². The number of hydrogen-bond acceptors (Lipinski definition) is 6. The lowest BCUT2D eigenvalue weighted by molar-refractivity contribution is -0.121. The molecule has 152 valence electrons. The lowest BCUT2D eigenvalue weighted by Crippen LogP contribution is -2.28. The Kier molecular flexibility index (Phi) is 6.78. The van der Waals surface area contributed by atoms with E-state index in [0.29, 0.717) is 53.9 Å². The molecule has 1 N–H and O–H groups in total. The molecule has 3 aromatic rings. The Morgan fingerprint density at radius 3 is 2.76 bits per heavy atom. The van der Waals surface area contributed by atoms with Gasteiger partial charge in [-0.1, -0.05) is 29.4 Å². The van der Waals surface area contributed by atoms with Crippen molar-refractivity contribution in [3.8, 4) is 22.9 Å². The number of methoxy groups -OCH3 is 1. The van der Waals surface area contributed by atoms with Crippen LogP contribution in [0.3, 0.4) is 0 Å². The maximum atomic E-state index is 13.7. The Bertz CT molecular complexity index is 974. The monoisotopic (exact) mass is 399 g/mol. The zero-order valence-corrected chi connectivity index (χ0v) is 16.3. The standard InChI is InChI=1S/C21H22FN3O4/c1-14-7-8-15(13-16(14)22)21-24-20(29-25-21)10-9-19(26)23-11-12-28-18-6-4-3-5-17(18)27-2/h3-8,13H,9-12H2,1-2H3,(H,23,26). The molecule has 1 heterocycles. The molecule has 1 aromatic heterocycles. The second kappa shape index (κ2) is 9.68. The van der Waals surface area contributed by atoms with Gasteiger partial charge in [-0.25, -0.2) is 4.39 Å². The largest absolute Gasteiger partial charge is 0.493 e. The number of benzene rings is 2. The second-order valence-corrected chi connectivity index (χ2v) is 6.32. The van der Waals surface area contributed by atoms with Gasteiger partial charge in [-0.05, 0) is 30.7 Å². The van der Waals surface area contributed by atoms with Crippen LogP contribution in [0.4, 0.5) is 4.39 Å². The predicted octanol–water partition coefficient (Wildman–Crippen LogP) is 3.32. The van der Waals surface area contributed by atoms with E-state index in [0.717, 1.165) is 0 Å². The van der Waals surface area contributed by atoms with Crippen molar-refractivity contribution < 1.29 is 23.2 Å². The summed E-state index contributed by atoms with van der Waals surface area (Å²) in [5.74, 6) is 1.39. The van der Waals surface area contributed by atoms with Crippen molar-refractivity contribution in [2.45, 2.75) is 19.8 Å². The summed E-state index contributed by atoms with van der Waals surface area (Å²) in [5, 5.41) is 6.61. The molecule has 29 heavy (non-hydrogen) atoms. The summed E-state index contributed by atoms with van der Waals surface area (Å²) in [5.41, 5.74) is 1.07. The first kappa shape index (κ1) is 20.3. The molecule has 0 atom stereocenters. The molecule has 0 fully saturated rings. The lowest BCUT2D eigenvalue weighted by atomic mass is 10.1. The molecule has 0 spiro atoms. The van der Waals surface area contributed by atoms with Crippen molar-refractivity contribution in [1.29, 1.82) is 0 Å². The summed E-state index contributed by atoms with van der Waals surface area (Å²) in [6.07, 6.45) is 0.485. The number of aryl methyl sites for hydroxylation is 2. The zero-order chi connectivity index (χ0) is 20.6. The van der Waals surface area contributed by atoms with Gasteiger partial charge >= 0.3 is 0 Å². The maximum absolute atomic E-state index is 13.7. The molecule has 7 nitrogen and oxygen atoms in total. The Morgan fingerprint density at radius 2 is 2.00 bits per heavy atom. The number of rotatable bonds is 9. The fourth-order valence-electron chi connectivity index (χ4n) is 2.60. The molecule has 0 unspecified atom stereocenters. The molecule has 0 aliphatic heterocycles. The van der Waals surface area contributed by atoms with Crippen LogP contribution >= 0.6 is 0 Å². The number of aromatic nitrogens is 2. The molecule has 0 aliphatic rings. The van der Waals surface area contributed by atoms with Crippen LogP contribution in [-0.2, 0) is 11.2 Å². The van der Waals surface area contributed by atoms with E-state index in [1.165, 1.54) is 6.07 Å². The minimum atomic E-state index is -0.330. The maximum Gasteiger partial charge on any atom is 0.227 e. The molecule has 2 aromatic carbocycles. The number of nitrogens with one attached hydrogen (secondary N) is 1. The number of carbonyl (C=O) groups is 1. The molecule has 0 radical (unpaired) electrons. The molecule has 0 bridgehead atoms. The van der Waals surface area contributed by atoms with E-state index in [1.54, 1.807) is 38.3 Å². The first-order valence-electron chi connectivity index (χ1n) is 9.18. The van der Waals surface area contributed by atoms with Gasteiger partial charge in [-0.15, -0.1) is 0 Å². The third kappa shape index (κ3) is 5.54. The van der Waals surface area contributed by atoms with E-state index in [-0.39, 0.29) is 18.1 Å². The van der Waals surface area contributed by atoms with Crippen LogP contribution in [0.5, 0.6) is 11.5 Å². The van der Waals surface area contributed by atoms with Gasteiger partial charge < -0.3 is 19.3 Å². The normalized spacial score (nSPS) is 10.6. The van der Waals surface area contributed by atoms with E-state index in [4.69, 9.17) is 14.0 Å². The molecular weight excluding hydrogens is 377 g/mol. The molecule has 8 heteroatoms. The van der Waals surface area contributed by atoms with Crippen LogP contribution in [0.1, 0.15) is 17.9 Å². The minimum absolute atomic E-state index is 0.158. The predicted molar refractivity (Wildman–Crippen MR) is 104 cm³/mol. The van der Waals surface area contributed by atoms with Crippen molar-refractivity contribution in [2.75, 3.05) is 20.3 Å². The number of amides is 1. The molecule has 3 rings (SSSR count). The topological polar surface area (TPSA) is 86.5 Å². The quantitative estimate of drug-likeness (QED) is 0.556. The van der Waals surface area contributed by atoms with Gasteiger partial charge in [0.2, 0.25) is 17.6 Å². The van der Waals surface area contributed by atoms with E-state index < -0.39 is 0 Å². The van der Waals surface area contributed by atoms with Crippen LogP contribution in [0.2, 0.25) is 0 Å². The fourth-order valence-corrected chi connectivity index (χ4v) is 2.60. The van der Waals surface area contributed by atoms with Crippen molar-refractivity contribution in [2.24, 2.45) is 0 Å². The van der Waals surface area contributed by atoms with Crippen LogP contribution < -0.4 is 14.8 Å². The third-order valence-corrected chi connectivity index (χ3v) is 4.21. The average Bonchev–Trinajstić information content (AvgIpc) is 3.21. The summed E-state index contributed by atoms with van der Waals surface area (Å²) in [7, 11) is 1.57. The summed E-state index contributed by atoms with van der Waals surface area (Å²) in [6, 6.07) is 12.0. The highest BCUT2D eigenvalue weighted by molar-refractivity contribution is 5.76. The minimum Gasteiger partial charge on any atom is -0.493 e. The zero-order valence-electron chi connectivity index (χ0n) is 16.3. The molecule has 0 aliphatic carbocycles. The average molecular weight is 399 g/mol. The first-order chi connectivity index (χ1) is 14.1. The van der Waals surface area contributed by atoms with E-state index >= 15 is 0 Å². The number of ether oxygens (including phenoxy) is 2. The Balaban J connectivity index is 1.42. The first-order valence-corrected chi connectivity index (χ1v) is 9.18. The highest BCUT2D eigenvalue weighted by atomic mass is 19.1. The van der Waals surface area contributed by atoms with Crippen LogP contribution in [-0.4, -0.2) is 36.3 Å². The van der Waals surface area contributed by atoms with Crippen LogP contribution in [0.25, 0.3) is 11.4 Å². The van der Waals surface area contributed by atoms with Crippen molar-refractivity contribution in [3.05, 3.63) is 59.7 Å². The highest BCUT2D eigenvalue weighted by Crippen LogP contribution is 2.25. The van der Waals surface area contributed by atoms with E-state index in [1.807, 2.05) is 12.1 Å². The molecular formula is C21H22FN3O4. The summed E-state index contributed by atoms with van der Waals surface area (Å²) in [4.78, 5) is 16.2. The van der Waals surface area contributed by atoms with Gasteiger partial charge in [0.25, 0.3) is 0 Å². The Morgan fingerprint density at radius 1 is 1.21 bits per heavy atom. The van der Waals surface area contributed by atoms with Crippen LogP contribution in [0, 0.1) is 12.7 Å². The molecule has 0 saturated heterocycles. The molecule has 1 amide bonds. The SMILES string of the molecule is COc1ccccc1OCCNC(=O)CCc1nc(-c2ccc(C)c(F)c2)no1. The number of nitrogens with zero attached hydrogens (tertiary/aromatic N) is 2. The van der Waals surface area contributed by atoms with Gasteiger partial charge in [0, 0.05) is 18.4 Å². The third-order valence-electron chi connectivity index (χ3n) is 4.21. The van der Waals surface area contributed by atoms with Gasteiger partial charge in [-0.2, -0.15) is 4.98 Å². The number of hydrogen-bond donors (Lipinski definition) is 1. The van der Waals surface area contributed by atoms with Gasteiger partial charge in [-0.3, -0.25) is 4.79 Å².